The van der Waals surface area contributed by atoms with E-state index in [0.717, 1.165) is 5.56 Å². The number of nitrogens with zero attached hydrogens (tertiary/aromatic N) is 1. The summed E-state index contributed by atoms with van der Waals surface area (Å²) in [5.41, 5.74) is 0.402. The second-order valence-corrected chi connectivity index (χ2v) is 7.41. The van der Waals surface area contributed by atoms with Crippen molar-refractivity contribution in [3.63, 3.8) is 0 Å². The van der Waals surface area contributed by atoms with E-state index >= 15 is 0 Å². The minimum Gasteiger partial charge on any atom is -0.493 e. The highest BCUT2D eigenvalue weighted by Gasteiger charge is 2.18. The summed E-state index contributed by atoms with van der Waals surface area (Å²) in [6.07, 6.45) is 0.700. The summed E-state index contributed by atoms with van der Waals surface area (Å²) in [4.78, 5) is 37.4. The minimum atomic E-state index is -0.827. The van der Waals surface area contributed by atoms with E-state index in [4.69, 9.17) is 18.9 Å². The van der Waals surface area contributed by atoms with Crippen LogP contribution in [0.1, 0.15) is 19.4 Å². The van der Waals surface area contributed by atoms with Crippen molar-refractivity contribution in [2.75, 3.05) is 20.8 Å². The van der Waals surface area contributed by atoms with Gasteiger partial charge in [-0.3, -0.25) is 9.59 Å². The lowest BCUT2D eigenvalue weighted by Crippen LogP contribution is -2.32. The maximum absolute atomic E-state index is 13.0. The lowest BCUT2D eigenvalue weighted by atomic mass is 10.1. The maximum Gasteiger partial charge on any atom is 0.347 e. The fourth-order valence-electron chi connectivity index (χ4n) is 3.51. The Morgan fingerprint density at radius 1 is 1.00 bits per heavy atom. The SMILES string of the molecule is CCOC(=O)C(C)Oc1cccc2c(=O)n(CC(=O)NCc3cccc(OC)c3OC)ccc12. The van der Waals surface area contributed by atoms with Crippen LogP contribution in [0.2, 0.25) is 0 Å². The number of pyridine rings is 1. The summed E-state index contributed by atoms with van der Waals surface area (Å²) in [6.45, 7) is 3.60. The first-order valence-electron chi connectivity index (χ1n) is 10.8. The van der Waals surface area contributed by atoms with Crippen molar-refractivity contribution in [1.29, 1.82) is 0 Å². The Bertz CT molecular complexity index is 1240. The van der Waals surface area contributed by atoms with Crippen LogP contribution >= 0.6 is 0 Å². The second-order valence-electron chi connectivity index (χ2n) is 7.41. The van der Waals surface area contributed by atoms with E-state index in [-0.39, 0.29) is 31.2 Å². The first kappa shape index (κ1) is 24.6. The Balaban J connectivity index is 1.75. The molecule has 2 aromatic carbocycles. The standard InChI is InChI=1S/C25H28N2O7/c1-5-33-25(30)16(2)34-20-10-7-9-19-18(20)12-13-27(24(19)29)15-22(28)26-14-17-8-6-11-21(31-3)23(17)32-4/h6-13,16H,5,14-15H2,1-4H3,(H,26,28). The highest BCUT2D eigenvalue weighted by Crippen LogP contribution is 2.30. The van der Waals surface area contributed by atoms with Crippen molar-refractivity contribution in [2.24, 2.45) is 0 Å². The van der Waals surface area contributed by atoms with Gasteiger partial charge in [0.15, 0.2) is 17.6 Å². The molecule has 3 rings (SSSR count). The van der Waals surface area contributed by atoms with E-state index in [1.54, 1.807) is 57.4 Å². The number of ether oxygens (including phenoxy) is 4. The average molecular weight is 469 g/mol. The van der Waals surface area contributed by atoms with Gasteiger partial charge in [-0.05, 0) is 38.1 Å². The van der Waals surface area contributed by atoms with Crippen LogP contribution in [0, 0.1) is 0 Å². The molecule has 0 saturated carbocycles. The average Bonchev–Trinajstić information content (AvgIpc) is 2.84. The molecule has 0 fully saturated rings. The molecule has 3 aromatic rings. The van der Waals surface area contributed by atoms with Crippen LogP contribution in [-0.4, -0.2) is 43.4 Å². The topological polar surface area (TPSA) is 105 Å². The van der Waals surface area contributed by atoms with E-state index in [2.05, 4.69) is 5.32 Å². The van der Waals surface area contributed by atoms with Gasteiger partial charge in [0.2, 0.25) is 5.91 Å². The highest BCUT2D eigenvalue weighted by atomic mass is 16.6. The number of carbonyl (C=O) groups is 2. The van der Waals surface area contributed by atoms with Crippen LogP contribution in [0.3, 0.4) is 0 Å². The van der Waals surface area contributed by atoms with Crippen molar-refractivity contribution < 1.29 is 28.5 Å². The van der Waals surface area contributed by atoms with Gasteiger partial charge in [0.25, 0.3) is 5.56 Å². The number of methoxy groups -OCH3 is 2. The third-order valence-electron chi connectivity index (χ3n) is 5.18. The zero-order chi connectivity index (χ0) is 24.7. The van der Waals surface area contributed by atoms with E-state index in [0.29, 0.717) is 28.0 Å². The van der Waals surface area contributed by atoms with Crippen molar-refractivity contribution in [1.82, 2.24) is 9.88 Å². The molecule has 0 spiro atoms. The quantitative estimate of drug-likeness (QED) is 0.456. The third kappa shape index (κ3) is 5.48. The molecule has 1 amide bonds. The van der Waals surface area contributed by atoms with Crippen molar-refractivity contribution in [2.45, 2.75) is 33.0 Å². The molecule has 0 aliphatic heterocycles. The van der Waals surface area contributed by atoms with Crippen LogP contribution in [0.15, 0.2) is 53.5 Å². The molecule has 0 radical (unpaired) electrons. The lowest BCUT2D eigenvalue weighted by Gasteiger charge is -2.16. The van der Waals surface area contributed by atoms with E-state index in [9.17, 15) is 14.4 Å². The molecule has 1 aromatic heterocycles. The molecular formula is C25H28N2O7. The number of amides is 1. The number of benzene rings is 2. The summed E-state index contributed by atoms with van der Waals surface area (Å²) >= 11 is 0. The van der Waals surface area contributed by atoms with E-state index in [1.165, 1.54) is 17.9 Å². The largest absolute Gasteiger partial charge is 0.493 e. The molecule has 0 aliphatic carbocycles. The van der Waals surface area contributed by atoms with Crippen LogP contribution in [0.25, 0.3) is 10.8 Å². The summed E-state index contributed by atoms with van der Waals surface area (Å²) in [6, 6.07) is 12.1. The zero-order valence-corrected chi connectivity index (χ0v) is 19.6. The number of nitrogens with one attached hydrogen (secondary N) is 1. The number of para-hydroxylation sites is 1. The Morgan fingerprint density at radius 2 is 1.74 bits per heavy atom. The normalized spacial score (nSPS) is 11.5. The molecule has 180 valence electrons. The fourth-order valence-corrected chi connectivity index (χ4v) is 3.51. The van der Waals surface area contributed by atoms with Crippen molar-refractivity contribution in [3.05, 3.63) is 64.6 Å². The minimum absolute atomic E-state index is 0.161. The van der Waals surface area contributed by atoms with Gasteiger partial charge in [0.1, 0.15) is 12.3 Å². The van der Waals surface area contributed by atoms with Gasteiger partial charge in [-0.15, -0.1) is 0 Å². The maximum atomic E-state index is 13.0. The van der Waals surface area contributed by atoms with Crippen LogP contribution in [-0.2, 0) is 27.4 Å². The van der Waals surface area contributed by atoms with Gasteiger partial charge in [-0.2, -0.15) is 0 Å². The number of rotatable bonds is 10. The predicted molar refractivity (Wildman–Crippen MR) is 126 cm³/mol. The Hall–Kier alpha value is -4.01. The van der Waals surface area contributed by atoms with Gasteiger partial charge >= 0.3 is 5.97 Å². The fraction of sp³-hybridized carbons (Fsp3) is 0.320. The summed E-state index contributed by atoms with van der Waals surface area (Å²) < 4.78 is 22.7. The molecule has 9 nitrogen and oxygen atoms in total. The molecule has 1 unspecified atom stereocenters. The molecule has 0 saturated heterocycles. The zero-order valence-electron chi connectivity index (χ0n) is 19.6. The molecule has 0 bridgehead atoms. The number of carbonyl (C=O) groups excluding carboxylic acids is 2. The number of esters is 1. The highest BCUT2D eigenvalue weighted by molar-refractivity contribution is 5.88. The molecule has 34 heavy (non-hydrogen) atoms. The Kier molecular flexibility index (Phi) is 8.13. The van der Waals surface area contributed by atoms with Gasteiger partial charge in [0.05, 0.1) is 26.2 Å². The monoisotopic (exact) mass is 468 g/mol. The summed E-state index contributed by atoms with van der Waals surface area (Å²) in [5.74, 6) is 0.664. The number of fused-ring (bicyclic) bond motifs is 1. The number of hydrogen-bond donors (Lipinski definition) is 1. The molecule has 1 atom stereocenters. The van der Waals surface area contributed by atoms with Crippen LogP contribution in [0.5, 0.6) is 17.2 Å². The van der Waals surface area contributed by atoms with Gasteiger partial charge in [-0.1, -0.05) is 18.2 Å². The second kappa shape index (κ2) is 11.2. The first-order valence-corrected chi connectivity index (χ1v) is 10.8. The molecular weight excluding hydrogens is 440 g/mol. The summed E-state index contributed by atoms with van der Waals surface area (Å²) in [7, 11) is 3.07. The molecule has 1 heterocycles. The molecule has 1 N–H and O–H groups in total. The number of hydrogen-bond acceptors (Lipinski definition) is 7. The van der Waals surface area contributed by atoms with Gasteiger partial charge in [0, 0.05) is 23.7 Å². The number of aromatic nitrogens is 1. The molecule has 0 aliphatic rings. The predicted octanol–water partition coefficient (Wildman–Crippen LogP) is 2.67. The van der Waals surface area contributed by atoms with Gasteiger partial charge in [-0.25, -0.2) is 4.79 Å². The van der Waals surface area contributed by atoms with Crippen LogP contribution in [0.4, 0.5) is 0 Å². The smallest absolute Gasteiger partial charge is 0.347 e. The Labute approximate surface area is 197 Å². The Morgan fingerprint density at radius 3 is 2.44 bits per heavy atom. The lowest BCUT2D eigenvalue weighted by molar-refractivity contribution is -0.150. The van der Waals surface area contributed by atoms with Crippen molar-refractivity contribution >= 4 is 22.6 Å². The van der Waals surface area contributed by atoms with Crippen LogP contribution < -0.4 is 25.1 Å². The van der Waals surface area contributed by atoms with Gasteiger partial charge < -0.3 is 28.8 Å². The van der Waals surface area contributed by atoms with Crippen molar-refractivity contribution in [3.8, 4) is 17.2 Å². The summed E-state index contributed by atoms with van der Waals surface area (Å²) in [5, 5.41) is 3.72. The third-order valence-corrected chi connectivity index (χ3v) is 5.18. The molecule has 9 heteroatoms. The van der Waals surface area contributed by atoms with E-state index < -0.39 is 12.1 Å². The van der Waals surface area contributed by atoms with E-state index in [1.807, 2.05) is 6.07 Å². The first-order chi connectivity index (χ1) is 16.4.